The Morgan fingerprint density at radius 1 is 1.25 bits per heavy atom. The van der Waals surface area contributed by atoms with Crippen molar-refractivity contribution in [3.05, 3.63) is 32.0 Å². The van der Waals surface area contributed by atoms with Gasteiger partial charge in [-0.2, -0.15) is 0 Å². The van der Waals surface area contributed by atoms with Gasteiger partial charge in [-0.25, -0.2) is 0 Å². The summed E-state index contributed by atoms with van der Waals surface area (Å²) < 4.78 is 2.12. The minimum atomic E-state index is 0.673. The summed E-state index contributed by atoms with van der Waals surface area (Å²) in [4.78, 5) is 0. The Labute approximate surface area is 92.2 Å². The molecule has 0 saturated heterocycles. The number of fused-ring (bicyclic) bond motifs is 1. The van der Waals surface area contributed by atoms with E-state index in [1.54, 1.807) is 17.4 Å². The molecule has 0 spiro atoms. The topological polar surface area (TPSA) is 0 Å². The lowest BCUT2D eigenvalue weighted by Gasteiger charge is -1.95. The molecule has 0 bridgehead atoms. The molecule has 0 aliphatic rings. The predicted octanol–water partition coefficient (Wildman–Crippen LogP) is 4.97. The number of halogens is 3. The second kappa shape index (κ2) is 3.18. The quantitative estimate of drug-likeness (QED) is 0.639. The zero-order valence-electron chi connectivity index (χ0n) is 5.77. The van der Waals surface area contributed by atoms with Crippen LogP contribution in [-0.2, 0) is 0 Å². The molecule has 0 unspecified atom stereocenters. The van der Waals surface area contributed by atoms with E-state index >= 15 is 0 Å². The van der Waals surface area contributed by atoms with E-state index in [-0.39, 0.29) is 0 Å². The van der Waals surface area contributed by atoms with Crippen LogP contribution in [0.1, 0.15) is 0 Å². The van der Waals surface area contributed by atoms with E-state index in [9.17, 15) is 0 Å². The van der Waals surface area contributed by atoms with Crippen molar-refractivity contribution in [2.45, 2.75) is 0 Å². The normalized spacial score (nSPS) is 10.9. The maximum absolute atomic E-state index is 5.98. The molecule has 0 atom stereocenters. The molecule has 0 saturated carbocycles. The zero-order chi connectivity index (χ0) is 8.72. The van der Waals surface area contributed by atoms with Crippen molar-refractivity contribution in [2.24, 2.45) is 0 Å². The van der Waals surface area contributed by atoms with Crippen molar-refractivity contribution < 1.29 is 0 Å². The van der Waals surface area contributed by atoms with Gasteiger partial charge < -0.3 is 0 Å². The number of hydrogen-bond donors (Lipinski definition) is 0. The lowest BCUT2D eigenvalue weighted by molar-refractivity contribution is 1.82. The van der Waals surface area contributed by atoms with Crippen LogP contribution in [0.4, 0.5) is 0 Å². The molecule has 62 valence electrons. The fourth-order valence-electron chi connectivity index (χ4n) is 1.03. The van der Waals surface area contributed by atoms with Crippen molar-refractivity contribution in [1.82, 2.24) is 0 Å². The van der Waals surface area contributed by atoms with Gasteiger partial charge in [0, 0.05) is 20.3 Å². The fraction of sp³-hybridized carbons (Fsp3) is 0. The molecular formula is C8H3BrCl2S. The summed E-state index contributed by atoms with van der Waals surface area (Å²) in [6.45, 7) is 0. The largest absolute Gasteiger partial charge is 0.141 e. The average molecular weight is 282 g/mol. The van der Waals surface area contributed by atoms with Crippen molar-refractivity contribution in [2.75, 3.05) is 0 Å². The van der Waals surface area contributed by atoms with Crippen LogP contribution in [0.5, 0.6) is 0 Å². The molecule has 2 aromatic rings. The minimum Gasteiger partial charge on any atom is -0.141 e. The molecule has 4 heteroatoms. The van der Waals surface area contributed by atoms with E-state index in [4.69, 9.17) is 23.2 Å². The van der Waals surface area contributed by atoms with Crippen molar-refractivity contribution in [3.8, 4) is 0 Å². The van der Waals surface area contributed by atoms with E-state index in [0.29, 0.717) is 10.0 Å². The van der Waals surface area contributed by atoms with Crippen LogP contribution in [0.15, 0.2) is 22.0 Å². The molecule has 2 rings (SSSR count). The van der Waals surface area contributed by atoms with Crippen molar-refractivity contribution in [1.29, 1.82) is 0 Å². The van der Waals surface area contributed by atoms with E-state index < -0.39 is 0 Å². The van der Waals surface area contributed by atoms with E-state index in [2.05, 4.69) is 15.9 Å². The highest BCUT2D eigenvalue weighted by molar-refractivity contribution is 9.10. The third-order valence-electron chi connectivity index (χ3n) is 1.55. The number of benzene rings is 1. The molecule has 0 aliphatic carbocycles. The van der Waals surface area contributed by atoms with Crippen molar-refractivity contribution in [3.63, 3.8) is 0 Å². The second-order valence-corrected chi connectivity index (χ2v) is 4.93. The van der Waals surface area contributed by atoms with Crippen LogP contribution in [0.3, 0.4) is 0 Å². The molecule has 1 heterocycles. The van der Waals surface area contributed by atoms with E-state index in [0.717, 1.165) is 14.6 Å². The number of hydrogen-bond acceptors (Lipinski definition) is 1. The van der Waals surface area contributed by atoms with Crippen LogP contribution in [0.2, 0.25) is 10.0 Å². The lowest BCUT2D eigenvalue weighted by atomic mass is 10.3. The molecule has 0 amide bonds. The van der Waals surface area contributed by atoms with Crippen LogP contribution in [0.25, 0.3) is 10.1 Å². The molecule has 0 N–H and O–H groups in total. The standard InChI is InChI=1S/C8H3BrCl2S/c9-6-3-12-8-5(6)1-4(10)2-7(8)11/h1-3H. The summed E-state index contributed by atoms with van der Waals surface area (Å²) in [6.07, 6.45) is 0. The first-order chi connectivity index (χ1) is 5.68. The zero-order valence-corrected chi connectivity index (χ0v) is 9.69. The lowest BCUT2D eigenvalue weighted by Crippen LogP contribution is -1.68. The third kappa shape index (κ3) is 1.37. The Balaban J connectivity index is 2.92. The Kier molecular flexibility index (Phi) is 2.34. The Hall–Kier alpha value is 0.240. The Bertz CT molecular complexity index is 436. The first-order valence-electron chi connectivity index (χ1n) is 3.20. The third-order valence-corrected chi connectivity index (χ3v) is 4.16. The SMILES string of the molecule is Clc1cc(Cl)c2scc(Br)c2c1. The van der Waals surface area contributed by atoms with Gasteiger partial charge in [0.05, 0.1) is 9.72 Å². The highest BCUT2D eigenvalue weighted by atomic mass is 79.9. The summed E-state index contributed by atoms with van der Waals surface area (Å²) >= 11 is 16.9. The summed E-state index contributed by atoms with van der Waals surface area (Å²) in [5.41, 5.74) is 0. The van der Waals surface area contributed by atoms with Gasteiger partial charge >= 0.3 is 0 Å². The number of thiophene rings is 1. The first-order valence-corrected chi connectivity index (χ1v) is 5.63. The minimum absolute atomic E-state index is 0.673. The molecular weight excluding hydrogens is 279 g/mol. The van der Waals surface area contributed by atoms with Crippen LogP contribution in [-0.4, -0.2) is 0 Å². The average Bonchev–Trinajstić information content (AvgIpc) is 2.33. The van der Waals surface area contributed by atoms with Gasteiger partial charge in [0.25, 0.3) is 0 Å². The second-order valence-electron chi connectivity index (χ2n) is 2.35. The van der Waals surface area contributed by atoms with Gasteiger partial charge in [-0.05, 0) is 28.1 Å². The Morgan fingerprint density at radius 3 is 2.75 bits per heavy atom. The molecule has 0 radical (unpaired) electrons. The van der Waals surface area contributed by atoms with Gasteiger partial charge in [0.15, 0.2) is 0 Å². The summed E-state index contributed by atoms with van der Waals surface area (Å²) in [5.74, 6) is 0. The van der Waals surface area contributed by atoms with Crippen LogP contribution >= 0.6 is 50.5 Å². The monoisotopic (exact) mass is 280 g/mol. The molecule has 0 nitrogen and oxygen atoms in total. The highest BCUT2D eigenvalue weighted by Gasteiger charge is 2.05. The maximum Gasteiger partial charge on any atom is 0.0599 e. The fourth-order valence-corrected chi connectivity index (χ4v) is 3.20. The maximum atomic E-state index is 5.98. The molecule has 1 aromatic carbocycles. The Morgan fingerprint density at radius 2 is 2.00 bits per heavy atom. The summed E-state index contributed by atoms with van der Waals surface area (Å²) in [5, 5.41) is 4.48. The van der Waals surface area contributed by atoms with Gasteiger partial charge in [-0.15, -0.1) is 11.3 Å². The van der Waals surface area contributed by atoms with Gasteiger partial charge in [-0.3, -0.25) is 0 Å². The van der Waals surface area contributed by atoms with Crippen molar-refractivity contribution >= 4 is 60.6 Å². The van der Waals surface area contributed by atoms with Crippen LogP contribution < -0.4 is 0 Å². The molecule has 0 aliphatic heterocycles. The predicted molar refractivity (Wildman–Crippen MR) is 59.5 cm³/mol. The van der Waals surface area contributed by atoms with Gasteiger partial charge in [0.2, 0.25) is 0 Å². The highest BCUT2D eigenvalue weighted by Crippen LogP contribution is 2.37. The smallest absolute Gasteiger partial charge is 0.0599 e. The molecule has 0 fully saturated rings. The van der Waals surface area contributed by atoms with E-state index in [1.807, 2.05) is 11.4 Å². The summed E-state index contributed by atoms with van der Waals surface area (Å²) in [6, 6.07) is 3.66. The van der Waals surface area contributed by atoms with Crippen LogP contribution in [0, 0.1) is 0 Å². The van der Waals surface area contributed by atoms with Gasteiger partial charge in [0.1, 0.15) is 0 Å². The first kappa shape index (κ1) is 8.82. The molecule has 1 aromatic heterocycles. The van der Waals surface area contributed by atoms with Gasteiger partial charge in [-0.1, -0.05) is 23.2 Å². The molecule has 12 heavy (non-hydrogen) atoms. The van der Waals surface area contributed by atoms with E-state index in [1.165, 1.54) is 0 Å². The summed E-state index contributed by atoms with van der Waals surface area (Å²) in [7, 11) is 0. The number of rotatable bonds is 0.